The van der Waals surface area contributed by atoms with Crippen molar-refractivity contribution in [3.63, 3.8) is 0 Å². The zero-order chi connectivity index (χ0) is 28.4. The van der Waals surface area contributed by atoms with Gasteiger partial charge in [-0.15, -0.1) is 10.2 Å². The molecule has 0 unspecified atom stereocenters. The molecule has 41 heavy (non-hydrogen) atoms. The Bertz CT molecular complexity index is 1740. The van der Waals surface area contributed by atoms with Gasteiger partial charge in [-0.25, -0.2) is 13.4 Å². The smallest absolute Gasteiger partial charge is 0.247 e. The lowest BCUT2D eigenvalue weighted by Gasteiger charge is -2.33. The predicted octanol–water partition coefficient (Wildman–Crippen LogP) is 5.10. The van der Waals surface area contributed by atoms with E-state index in [4.69, 9.17) is 14.1 Å². The van der Waals surface area contributed by atoms with Gasteiger partial charge in [0.2, 0.25) is 26.9 Å². The van der Waals surface area contributed by atoms with Gasteiger partial charge in [-0.2, -0.15) is 8.68 Å². The van der Waals surface area contributed by atoms with Crippen LogP contribution >= 0.6 is 11.5 Å². The second-order valence-corrected chi connectivity index (χ2v) is 12.4. The lowest BCUT2D eigenvalue weighted by molar-refractivity contribution is 0.384. The normalized spacial score (nSPS) is 14.3. The van der Waals surface area contributed by atoms with Crippen molar-refractivity contribution in [2.45, 2.75) is 25.2 Å². The average Bonchev–Trinajstić information content (AvgIpc) is 3.65. The zero-order valence-electron chi connectivity index (χ0n) is 22.6. The minimum Gasteiger partial charge on any atom is -0.457 e. The molecule has 210 valence electrons. The lowest BCUT2D eigenvalue weighted by Crippen LogP contribution is -2.48. The Morgan fingerprint density at radius 1 is 0.902 bits per heavy atom. The molecule has 12 heteroatoms. The summed E-state index contributed by atoms with van der Waals surface area (Å²) < 4.78 is 44.2. The number of rotatable bonds is 8. The average molecular weight is 589 g/mol. The van der Waals surface area contributed by atoms with E-state index < -0.39 is 10.0 Å². The van der Waals surface area contributed by atoms with Gasteiger partial charge in [0.25, 0.3) is 0 Å². The number of sulfonamides is 1. The number of ether oxygens (including phenoxy) is 1. The zero-order valence-corrected chi connectivity index (χ0v) is 24.2. The van der Waals surface area contributed by atoms with E-state index in [0.29, 0.717) is 49.9 Å². The van der Waals surface area contributed by atoms with Gasteiger partial charge in [0.1, 0.15) is 17.3 Å². The number of nitrogens with zero attached hydrogens (tertiary/aromatic N) is 6. The molecule has 0 amide bonds. The number of hydrogen-bond acceptors (Lipinski definition) is 10. The minimum absolute atomic E-state index is 0.202. The molecule has 6 rings (SSSR count). The van der Waals surface area contributed by atoms with Gasteiger partial charge >= 0.3 is 0 Å². The second-order valence-electron chi connectivity index (χ2n) is 9.77. The summed E-state index contributed by atoms with van der Waals surface area (Å²) >= 11 is 1.34. The van der Waals surface area contributed by atoms with Gasteiger partial charge in [-0.3, -0.25) is 0 Å². The first-order chi connectivity index (χ1) is 19.8. The quantitative estimate of drug-likeness (QED) is 0.244. The van der Waals surface area contributed by atoms with Crippen molar-refractivity contribution in [2.75, 3.05) is 31.1 Å². The standard InChI is InChI=1S/C29H28N6O4S2/c1-20-6-10-24(11-7-20)39-25-12-8-22(9-13-25)18-27-30-29(40-33-27)34-14-16-35(17-15-34)41(36,37)26-5-3-4-23(19-26)28-32-31-21(2)38-28/h3-13,19H,14-18H2,1-2H3. The first-order valence-corrected chi connectivity index (χ1v) is 15.4. The molecule has 5 aromatic rings. The molecule has 1 aliphatic rings. The Kier molecular flexibility index (Phi) is 7.52. The van der Waals surface area contributed by atoms with Crippen LogP contribution in [0.1, 0.15) is 22.8 Å². The van der Waals surface area contributed by atoms with Crippen LogP contribution < -0.4 is 9.64 Å². The highest BCUT2D eigenvalue weighted by atomic mass is 32.2. The van der Waals surface area contributed by atoms with Crippen LogP contribution in [-0.2, 0) is 16.4 Å². The van der Waals surface area contributed by atoms with E-state index in [9.17, 15) is 8.42 Å². The molecule has 1 fully saturated rings. The van der Waals surface area contributed by atoms with Gasteiger partial charge in [0.05, 0.1) is 4.90 Å². The summed E-state index contributed by atoms with van der Waals surface area (Å²) in [6.07, 6.45) is 0.603. The predicted molar refractivity (Wildman–Crippen MR) is 156 cm³/mol. The Hall–Kier alpha value is -4.13. The van der Waals surface area contributed by atoms with Crippen LogP contribution in [0.4, 0.5) is 5.13 Å². The van der Waals surface area contributed by atoms with Gasteiger partial charge in [0, 0.05) is 56.6 Å². The molecule has 1 saturated heterocycles. The SMILES string of the molecule is Cc1ccc(Oc2ccc(Cc3nsc(N4CCN(S(=O)(=O)c5cccc(-c6nnc(C)o6)c5)CC4)n3)cc2)cc1. The van der Waals surface area contributed by atoms with Crippen molar-refractivity contribution in [1.29, 1.82) is 0 Å². The topological polar surface area (TPSA) is 115 Å². The number of benzene rings is 3. The highest BCUT2D eigenvalue weighted by Crippen LogP contribution is 2.27. The lowest BCUT2D eigenvalue weighted by atomic mass is 10.1. The second kappa shape index (κ2) is 11.4. The van der Waals surface area contributed by atoms with Gasteiger partial charge < -0.3 is 14.1 Å². The molecule has 10 nitrogen and oxygen atoms in total. The van der Waals surface area contributed by atoms with E-state index in [1.807, 2.05) is 55.5 Å². The number of hydrogen-bond donors (Lipinski definition) is 0. The van der Waals surface area contributed by atoms with Crippen molar-refractivity contribution in [1.82, 2.24) is 23.9 Å². The summed E-state index contributed by atoms with van der Waals surface area (Å²) in [5, 5.41) is 8.62. The third kappa shape index (κ3) is 6.14. The van der Waals surface area contributed by atoms with Crippen LogP contribution in [0, 0.1) is 13.8 Å². The molecule has 3 heterocycles. The van der Waals surface area contributed by atoms with Crippen LogP contribution in [-0.4, -0.2) is 58.5 Å². The summed E-state index contributed by atoms with van der Waals surface area (Å²) in [4.78, 5) is 7.02. The molecular formula is C29H28N6O4S2. The van der Waals surface area contributed by atoms with Crippen molar-refractivity contribution in [2.24, 2.45) is 0 Å². The fourth-order valence-electron chi connectivity index (χ4n) is 4.52. The molecule has 0 atom stereocenters. The first-order valence-electron chi connectivity index (χ1n) is 13.2. The van der Waals surface area contributed by atoms with Crippen molar-refractivity contribution < 1.29 is 17.6 Å². The van der Waals surface area contributed by atoms with E-state index in [1.54, 1.807) is 31.2 Å². The molecule has 0 aliphatic carbocycles. The van der Waals surface area contributed by atoms with Crippen LogP contribution in [0.25, 0.3) is 11.5 Å². The summed E-state index contributed by atoms with van der Waals surface area (Å²) in [5.74, 6) is 3.03. The summed E-state index contributed by atoms with van der Waals surface area (Å²) in [5.41, 5.74) is 2.84. The largest absolute Gasteiger partial charge is 0.457 e. The maximum absolute atomic E-state index is 13.4. The van der Waals surface area contributed by atoms with Crippen LogP contribution in [0.3, 0.4) is 0 Å². The van der Waals surface area contributed by atoms with Crippen LogP contribution in [0.5, 0.6) is 11.5 Å². The Morgan fingerprint density at radius 3 is 2.29 bits per heavy atom. The van der Waals surface area contributed by atoms with Gasteiger partial charge in [-0.1, -0.05) is 35.9 Å². The van der Waals surface area contributed by atoms with Crippen molar-refractivity contribution in [3.8, 4) is 23.0 Å². The van der Waals surface area contributed by atoms with E-state index >= 15 is 0 Å². The van der Waals surface area contributed by atoms with Crippen LogP contribution in [0.15, 0.2) is 82.1 Å². The molecule has 2 aromatic heterocycles. The molecular weight excluding hydrogens is 560 g/mol. The summed E-state index contributed by atoms with van der Waals surface area (Å²) in [6.45, 7) is 5.50. The monoisotopic (exact) mass is 588 g/mol. The molecule has 3 aromatic carbocycles. The van der Waals surface area contributed by atoms with Crippen LogP contribution in [0.2, 0.25) is 0 Å². The molecule has 0 radical (unpaired) electrons. The number of anilines is 1. The highest BCUT2D eigenvalue weighted by Gasteiger charge is 2.30. The van der Waals surface area contributed by atoms with Gasteiger partial charge in [-0.05, 0) is 55.0 Å². The van der Waals surface area contributed by atoms with Crippen molar-refractivity contribution in [3.05, 3.63) is 95.6 Å². The molecule has 0 N–H and O–H groups in total. The molecule has 0 bridgehead atoms. The van der Waals surface area contributed by atoms with E-state index in [-0.39, 0.29) is 4.90 Å². The number of piperazine rings is 1. The van der Waals surface area contributed by atoms with E-state index in [0.717, 1.165) is 28.0 Å². The Morgan fingerprint density at radius 2 is 1.61 bits per heavy atom. The molecule has 1 aliphatic heterocycles. The third-order valence-corrected chi connectivity index (χ3v) is 9.46. The van der Waals surface area contributed by atoms with E-state index in [1.165, 1.54) is 21.4 Å². The van der Waals surface area contributed by atoms with Gasteiger partial charge in [0.15, 0.2) is 0 Å². The molecule has 0 saturated carbocycles. The maximum Gasteiger partial charge on any atom is 0.247 e. The highest BCUT2D eigenvalue weighted by molar-refractivity contribution is 7.89. The third-order valence-electron chi connectivity index (χ3n) is 6.75. The first kappa shape index (κ1) is 27.1. The van der Waals surface area contributed by atoms with Crippen molar-refractivity contribution >= 4 is 26.7 Å². The summed E-state index contributed by atoms with van der Waals surface area (Å²) in [7, 11) is -3.68. The molecule has 0 spiro atoms. The fourth-order valence-corrected chi connectivity index (χ4v) is 6.72. The summed E-state index contributed by atoms with van der Waals surface area (Å²) in [6, 6.07) is 22.5. The number of aromatic nitrogens is 4. The fraction of sp³-hybridized carbons (Fsp3) is 0.241. The maximum atomic E-state index is 13.4. The Balaban J connectivity index is 1.05. The Labute approximate surface area is 242 Å². The minimum atomic E-state index is -3.68. The van der Waals surface area contributed by atoms with E-state index in [2.05, 4.69) is 19.5 Å². The number of aryl methyl sites for hydroxylation is 2.